The first-order chi connectivity index (χ1) is 7.47. The van der Waals surface area contributed by atoms with Crippen molar-refractivity contribution < 1.29 is 9.32 Å². The van der Waals surface area contributed by atoms with E-state index in [-0.39, 0.29) is 11.3 Å². The van der Waals surface area contributed by atoms with Crippen LogP contribution in [0, 0.1) is 5.41 Å². The topological polar surface area (TPSA) is 55.1 Å². The van der Waals surface area contributed by atoms with Crippen molar-refractivity contribution in [3.8, 4) is 0 Å². The van der Waals surface area contributed by atoms with E-state index in [4.69, 9.17) is 4.52 Å². The average Bonchev–Trinajstić information content (AvgIpc) is 2.62. The van der Waals surface area contributed by atoms with Gasteiger partial charge in [-0.15, -0.1) is 0 Å². The molecule has 4 nitrogen and oxygen atoms in total. The van der Waals surface area contributed by atoms with Crippen LogP contribution < -0.4 is 5.32 Å². The lowest BCUT2D eigenvalue weighted by Gasteiger charge is -2.17. The standard InChI is InChI=1S/C12H20N2O2/c1-12(2,3)7-11(15)13-6-4-5-10-8-14-16-9-10/h8-9H,4-7H2,1-3H3,(H,13,15). The van der Waals surface area contributed by atoms with E-state index in [1.807, 2.05) is 0 Å². The van der Waals surface area contributed by atoms with Crippen LogP contribution in [0.25, 0.3) is 0 Å². The van der Waals surface area contributed by atoms with Gasteiger partial charge in [0.25, 0.3) is 0 Å². The summed E-state index contributed by atoms with van der Waals surface area (Å²) in [6.45, 7) is 6.89. The molecule has 16 heavy (non-hydrogen) atoms. The Balaban J connectivity index is 2.09. The lowest BCUT2D eigenvalue weighted by atomic mass is 9.92. The highest BCUT2D eigenvalue weighted by molar-refractivity contribution is 5.76. The van der Waals surface area contributed by atoms with E-state index in [2.05, 4.69) is 31.2 Å². The summed E-state index contributed by atoms with van der Waals surface area (Å²) in [5.41, 5.74) is 1.13. The van der Waals surface area contributed by atoms with Gasteiger partial charge >= 0.3 is 0 Å². The van der Waals surface area contributed by atoms with Crippen LogP contribution in [0.3, 0.4) is 0 Å². The summed E-state index contributed by atoms with van der Waals surface area (Å²) in [5.74, 6) is 0.123. The highest BCUT2D eigenvalue weighted by Gasteiger charge is 2.15. The molecule has 0 spiro atoms. The third-order valence-electron chi connectivity index (χ3n) is 2.14. The maximum atomic E-state index is 11.5. The Morgan fingerprint density at radius 2 is 2.25 bits per heavy atom. The molecule has 0 unspecified atom stereocenters. The molecule has 0 aliphatic rings. The minimum atomic E-state index is 0.0541. The summed E-state index contributed by atoms with van der Waals surface area (Å²) in [6.07, 6.45) is 5.71. The molecular formula is C12H20N2O2. The molecule has 0 saturated carbocycles. The number of aromatic nitrogens is 1. The Morgan fingerprint density at radius 3 is 2.81 bits per heavy atom. The minimum Gasteiger partial charge on any atom is -0.364 e. The van der Waals surface area contributed by atoms with Gasteiger partial charge in [-0.25, -0.2) is 0 Å². The zero-order chi connectivity index (χ0) is 12.0. The average molecular weight is 224 g/mol. The molecule has 0 aromatic carbocycles. The predicted octanol–water partition coefficient (Wildman–Crippen LogP) is 2.16. The molecule has 0 radical (unpaired) electrons. The van der Waals surface area contributed by atoms with E-state index in [0.717, 1.165) is 18.4 Å². The number of amides is 1. The number of hydrogen-bond donors (Lipinski definition) is 1. The molecule has 1 heterocycles. The number of nitrogens with one attached hydrogen (secondary N) is 1. The van der Waals surface area contributed by atoms with Crippen LogP contribution in [-0.4, -0.2) is 17.6 Å². The van der Waals surface area contributed by atoms with Gasteiger partial charge < -0.3 is 9.84 Å². The van der Waals surface area contributed by atoms with E-state index in [1.54, 1.807) is 12.5 Å². The summed E-state index contributed by atoms with van der Waals surface area (Å²) in [5, 5.41) is 6.53. The van der Waals surface area contributed by atoms with Crippen LogP contribution in [0.15, 0.2) is 17.0 Å². The highest BCUT2D eigenvalue weighted by Crippen LogP contribution is 2.17. The van der Waals surface area contributed by atoms with Crippen LogP contribution in [0.5, 0.6) is 0 Å². The Morgan fingerprint density at radius 1 is 1.50 bits per heavy atom. The van der Waals surface area contributed by atoms with Gasteiger partial charge in [-0.05, 0) is 18.3 Å². The molecule has 1 N–H and O–H groups in total. The van der Waals surface area contributed by atoms with E-state index in [1.165, 1.54) is 0 Å². The first-order valence-electron chi connectivity index (χ1n) is 5.62. The molecular weight excluding hydrogens is 204 g/mol. The van der Waals surface area contributed by atoms with Crippen molar-refractivity contribution >= 4 is 5.91 Å². The maximum absolute atomic E-state index is 11.5. The highest BCUT2D eigenvalue weighted by atomic mass is 16.5. The normalized spacial score (nSPS) is 11.4. The summed E-state index contributed by atoms with van der Waals surface area (Å²) >= 11 is 0. The van der Waals surface area contributed by atoms with Gasteiger partial charge in [-0.2, -0.15) is 0 Å². The van der Waals surface area contributed by atoms with E-state index < -0.39 is 0 Å². The van der Waals surface area contributed by atoms with Crippen LogP contribution in [0.2, 0.25) is 0 Å². The van der Waals surface area contributed by atoms with Crippen molar-refractivity contribution in [2.45, 2.75) is 40.0 Å². The fraction of sp³-hybridized carbons (Fsp3) is 0.667. The van der Waals surface area contributed by atoms with Crippen molar-refractivity contribution in [1.82, 2.24) is 10.5 Å². The Bertz CT molecular complexity index is 312. The summed E-state index contributed by atoms with van der Waals surface area (Å²) in [6, 6.07) is 0. The van der Waals surface area contributed by atoms with Gasteiger partial charge in [0.15, 0.2) is 0 Å². The van der Waals surface area contributed by atoms with Crippen molar-refractivity contribution in [3.63, 3.8) is 0 Å². The molecule has 0 aliphatic heterocycles. The lowest BCUT2D eigenvalue weighted by molar-refractivity contribution is -0.122. The number of carbonyl (C=O) groups is 1. The largest absolute Gasteiger partial charge is 0.364 e. The fourth-order valence-corrected chi connectivity index (χ4v) is 1.41. The first kappa shape index (κ1) is 12.7. The monoisotopic (exact) mass is 224 g/mol. The molecule has 0 atom stereocenters. The van der Waals surface area contributed by atoms with Crippen LogP contribution >= 0.6 is 0 Å². The Hall–Kier alpha value is -1.32. The summed E-state index contributed by atoms with van der Waals surface area (Å²) in [4.78, 5) is 11.5. The molecule has 1 rings (SSSR count). The molecule has 1 aromatic heterocycles. The molecule has 90 valence electrons. The quantitative estimate of drug-likeness (QED) is 0.780. The molecule has 0 aliphatic carbocycles. The molecule has 0 bridgehead atoms. The Kier molecular flexibility index (Phi) is 4.52. The van der Waals surface area contributed by atoms with Crippen LogP contribution in [-0.2, 0) is 11.2 Å². The third-order valence-corrected chi connectivity index (χ3v) is 2.14. The first-order valence-corrected chi connectivity index (χ1v) is 5.62. The summed E-state index contributed by atoms with van der Waals surface area (Å²) in [7, 11) is 0. The second-order valence-electron chi connectivity index (χ2n) is 5.22. The number of hydrogen-bond acceptors (Lipinski definition) is 3. The number of rotatable bonds is 5. The smallest absolute Gasteiger partial charge is 0.220 e. The van der Waals surface area contributed by atoms with E-state index in [0.29, 0.717) is 13.0 Å². The van der Waals surface area contributed by atoms with Crippen molar-refractivity contribution in [2.75, 3.05) is 6.54 Å². The van der Waals surface area contributed by atoms with Gasteiger partial charge in [-0.1, -0.05) is 25.9 Å². The molecule has 1 aromatic rings. The van der Waals surface area contributed by atoms with Gasteiger partial charge in [-0.3, -0.25) is 4.79 Å². The third kappa shape index (κ3) is 5.53. The number of nitrogens with zero attached hydrogens (tertiary/aromatic N) is 1. The zero-order valence-corrected chi connectivity index (χ0v) is 10.2. The maximum Gasteiger partial charge on any atom is 0.220 e. The molecule has 0 fully saturated rings. The lowest BCUT2D eigenvalue weighted by Crippen LogP contribution is -2.28. The van der Waals surface area contributed by atoms with Gasteiger partial charge in [0, 0.05) is 18.5 Å². The molecule has 0 saturated heterocycles. The van der Waals surface area contributed by atoms with Crippen LogP contribution in [0.1, 0.15) is 39.2 Å². The SMILES string of the molecule is CC(C)(C)CC(=O)NCCCc1cnoc1. The predicted molar refractivity (Wildman–Crippen MR) is 61.9 cm³/mol. The van der Waals surface area contributed by atoms with Gasteiger partial charge in [0.2, 0.25) is 5.91 Å². The zero-order valence-electron chi connectivity index (χ0n) is 10.2. The Labute approximate surface area is 96.4 Å². The van der Waals surface area contributed by atoms with Gasteiger partial charge in [0.05, 0.1) is 6.20 Å². The van der Waals surface area contributed by atoms with Crippen molar-refractivity contribution in [2.24, 2.45) is 5.41 Å². The number of carbonyl (C=O) groups excluding carboxylic acids is 1. The minimum absolute atomic E-state index is 0.0541. The van der Waals surface area contributed by atoms with Crippen molar-refractivity contribution in [1.29, 1.82) is 0 Å². The van der Waals surface area contributed by atoms with Crippen LogP contribution in [0.4, 0.5) is 0 Å². The fourth-order valence-electron chi connectivity index (χ4n) is 1.41. The van der Waals surface area contributed by atoms with E-state index >= 15 is 0 Å². The van der Waals surface area contributed by atoms with E-state index in [9.17, 15) is 4.79 Å². The molecule has 4 heteroatoms. The second-order valence-corrected chi connectivity index (χ2v) is 5.22. The van der Waals surface area contributed by atoms with Crippen molar-refractivity contribution in [3.05, 3.63) is 18.0 Å². The second kappa shape index (κ2) is 5.68. The summed E-state index contributed by atoms with van der Waals surface area (Å²) < 4.78 is 4.72. The number of aryl methyl sites for hydroxylation is 1. The van der Waals surface area contributed by atoms with Gasteiger partial charge in [0.1, 0.15) is 6.26 Å². The molecule has 1 amide bonds.